The first-order valence-electron chi connectivity index (χ1n) is 5.63. The van der Waals surface area contributed by atoms with Crippen molar-refractivity contribution in [1.29, 1.82) is 0 Å². The largest absolute Gasteiger partial charge is 0.378 e. The van der Waals surface area contributed by atoms with Crippen molar-refractivity contribution in [2.24, 2.45) is 5.73 Å². The third-order valence-electron chi connectivity index (χ3n) is 3.42. The number of primary amides is 1. The second kappa shape index (κ2) is 4.69. The van der Waals surface area contributed by atoms with E-state index in [-0.39, 0.29) is 11.4 Å². The van der Waals surface area contributed by atoms with Gasteiger partial charge in [-0.15, -0.1) is 0 Å². The monoisotopic (exact) mass is 229 g/mol. The van der Waals surface area contributed by atoms with Gasteiger partial charge in [0.25, 0.3) is 0 Å². The number of ether oxygens (including phenoxy) is 1. The highest BCUT2D eigenvalue weighted by Crippen LogP contribution is 2.21. The van der Waals surface area contributed by atoms with Gasteiger partial charge >= 0.3 is 0 Å². The van der Waals surface area contributed by atoms with Gasteiger partial charge in [0.05, 0.1) is 13.2 Å². The lowest BCUT2D eigenvalue weighted by molar-refractivity contribution is -0.127. The maximum Gasteiger partial charge on any atom is 0.238 e. The Hall–Kier alpha value is -0.650. The predicted molar refractivity (Wildman–Crippen MR) is 63.1 cm³/mol. The van der Waals surface area contributed by atoms with E-state index in [1.54, 1.807) is 7.05 Å². The Morgan fingerprint density at radius 1 is 1.62 bits per heavy atom. The first-order valence-corrected chi connectivity index (χ1v) is 5.63. The summed E-state index contributed by atoms with van der Waals surface area (Å²) in [4.78, 5) is 13.7. The molecule has 1 unspecified atom stereocenters. The molecule has 1 saturated heterocycles. The number of nitrogens with two attached hydrogens (primary N) is 1. The molecule has 1 fully saturated rings. The number of likely N-dealkylation sites (N-methyl/N-ethyl adjacent to an activating group) is 1. The van der Waals surface area contributed by atoms with E-state index in [4.69, 9.17) is 10.5 Å². The fourth-order valence-corrected chi connectivity index (χ4v) is 1.85. The number of hydrogen-bond donors (Lipinski definition) is 2. The van der Waals surface area contributed by atoms with Gasteiger partial charge < -0.3 is 15.8 Å². The van der Waals surface area contributed by atoms with Crippen molar-refractivity contribution in [3.05, 3.63) is 0 Å². The molecule has 5 nitrogen and oxygen atoms in total. The standard InChI is InChI=1S/C11H23N3O2/c1-10(2)8-16-6-5-14(10)7-11(3,13-4)9(12)15/h13H,5-8H2,1-4H3,(H2,12,15). The van der Waals surface area contributed by atoms with Crippen LogP contribution in [0.4, 0.5) is 0 Å². The molecule has 0 bridgehead atoms. The molecule has 16 heavy (non-hydrogen) atoms. The summed E-state index contributed by atoms with van der Waals surface area (Å²) < 4.78 is 5.45. The number of morpholine rings is 1. The smallest absolute Gasteiger partial charge is 0.238 e. The third-order valence-corrected chi connectivity index (χ3v) is 3.42. The first-order chi connectivity index (χ1) is 7.32. The first kappa shape index (κ1) is 13.4. The molecule has 1 aliphatic heterocycles. The molecular formula is C11H23N3O2. The summed E-state index contributed by atoms with van der Waals surface area (Å²) >= 11 is 0. The Bertz CT molecular complexity index is 268. The minimum atomic E-state index is -0.686. The zero-order chi connectivity index (χ0) is 12.4. The van der Waals surface area contributed by atoms with Crippen molar-refractivity contribution in [1.82, 2.24) is 10.2 Å². The summed E-state index contributed by atoms with van der Waals surface area (Å²) in [5, 5.41) is 3.01. The number of rotatable bonds is 4. The summed E-state index contributed by atoms with van der Waals surface area (Å²) in [7, 11) is 1.76. The van der Waals surface area contributed by atoms with Crippen molar-refractivity contribution < 1.29 is 9.53 Å². The molecule has 1 atom stereocenters. The minimum absolute atomic E-state index is 0.0498. The van der Waals surface area contributed by atoms with Crippen molar-refractivity contribution in [2.75, 3.05) is 33.4 Å². The van der Waals surface area contributed by atoms with Crippen LogP contribution in [0.15, 0.2) is 0 Å². The second-order valence-electron chi connectivity index (χ2n) is 5.23. The number of carbonyl (C=O) groups is 1. The van der Waals surface area contributed by atoms with Gasteiger partial charge in [-0.2, -0.15) is 0 Å². The van der Waals surface area contributed by atoms with Gasteiger partial charge in [-0.05, 0) is 27.8 Å². The minimum Gasteiger partial charge on any atom is -0.378 e. The highest BCUT2D eigenvalue weighted by Gasteiger charge is 2.38. The number of amides is 1. The van der Waals surface area contributed by atoms with Crippen molar-refractivity contribution >= 4 is 5.91 Å². The molecule has 1 heterocycles. The molecule has 0 aromatic rings. The van der Waals surface area contributed by atoms with Crippen LogP contribution < -0.4 is 11.1 Å². The Balaban J connectivity index is 2.74. The van der Waals surface area contributed by atoms with Gasteiger partial charge in [-0.1, -0.05) is 0 Å². The Kier molecular flexibility index (Phi) is 3.93. The van der Waals surface area contributed by atoms with E-state index in [1.807, 2.05) is 6.92 Å². The van der Waals surface area contributed by atoms with Crippen LogP contribution in [-0.2, 0) is 9.53 Å². The van der Waals surface area contributed by atoms with E-state index in [0.29, 0.717) is 19.8 Å². The average molecular weight is 229 g/mol. The topological polar surface area (TPSA) is 67.6 Å². The lowest BCUT2D eigenvalue weighted by atomic mass is 9.95. The van der Waals surface area contributed by atoms with E-state index >= 15 is 0 Å². The maximum absolute atomic E-state index is 11.4. The van der Waals surface area contributed by atoms with E-state index < -0.39 is 5.54 Å². The van der Waals surface area contributed by atoms with E-state index in [0.717, 1.165) is 6.54 Å². The second-order valence-corrected chi connectivity index (χ2v) is 5.23. The summed E-state index contributed by atoms with van der Waals surface area (Å²) in [6, 6.07) is 0. The number of nitrogens with zero attached hydrogens (tertiary/aromatic N) is 1. The van der Waals surface area contributed by atoms with Gasteiger partial charge in [0.1, 0.15) is 5.54 Å². The fraction of sp³-hybridized carbons (Fsp3) is 0.909. The molecule has 94 valence electrons. The highest BCUT2D eigenvalue weighted by molar-refractivity contribution is 5.84. The maximum atomic E-state index is 11.4. The summed E-state index contributed by atoms with van der Waals surface area (Å²) in [5.74, 6) is -0.322. The number of nitrogens with one attached hydrogen (secondary N) is 1. The average Bonchev–Trinajstić information content (AvgIpc) is 2.20. The lowest BCUT2D eigenvalue weighted by Crippen LogP contribution is -2.64. The molecule has 5 heteroatoms. The van der Waals surface area contributed by atoms with Crippen LogP contribution in [0.25, 0.3) is 0 Å². The van der Waals surface area contributed by atoms with Crippen LogP contribution >= 0.6 is 0 Å². The lowest BCUT2D eigenvalue weighted by Gasteiger charge is -2.45. The van der Waals surface area contributed by atoms with Crippen LogP contribution in [0, 0.1) is 0 Å². The van der Waals surface area contributed by atoms with Crippen LogP contribution in [0.1, 0.15) is 20.8 Å². The zero-order valence-corrected chi connectivity index (χ0v) is 10.7. The normalized spacial score (nSPS) is 25.0. The van der Waals surface area contributed by atoms with Crippen molar-refractivity contribution in [3.63, 3.8) is 0 Å². The van der Waals surface area contributed by atoms with Crippen molar-refractivity contribution in [3.8, 4) is 0 Å². The molecule has 0 saturated carbocycles. The molecule has 0 spiro atoms. The Labute approximate surface area is 97.3 Å². The fourth-order valence-electron chi connectivity index (χ4n) is 1.85. The molecule has 1 amide bonds. The molecule has 1 aliphatic rings. The van der Waals surface area contributed by atoms with Gasteiger partial charge in [-0.3, -0.25) is 9.69 Å². The number of hydrogen-bond acceptors (Lipinski definition) is 4. The highest BCUT2D eigenvalue weighted by atomic mass is 16.5. The van der Waals surface area contributed by atoms with Gasteiger partial charge in [-0.25, -0.2) is 0 Å². The molecule has 0 radical (unpaired) electrons. The third kappa shape index (κ3) is 2.72. The van der Waals surface area contributed by atoms with Gasteiger partial charge in [0.15, 0.2) is 0 Å². The van der Waals surface area contributed by atoms with Crippen LogP contribution in [0.5, 0.6) is 0 Å². The molecule has 1 rings (SSSR count). The zero-order valence-electron chi connectivity index (χ0n) is 10.7. The summed E-state index contributed by atoms with van der Waals surface area (Å²) in [6.45, 7) is 8.90. The Morgan fingerprint density at radius 3 is 2.69 bits per heavy atom. The van der Waals surface area contributed by atoms with E-state index in [9.17, 15) is 4.79 Å². The quantitative estimate of drug-likeness (QED) is 0.686. The van der Waals surface area contributed by atoms with Gasteiger partial charge in [0, 0.05) is 18.6 Å². The molecule has 0 aliphatic carbocycles. The number of carbonyl (C=O) groups excluding carboxylic acids is 1. The predicted octanol–water partition coefficient (Wildman–Crippen LogP) is -0.439. The van der Waals surface area contributed by atoms with E-state index in [1.165, 1.54) is 0 Å². The molecular weight excluding hydrogens is 206 g/mol. The van der Waals surface area contributed by atoms with E-state index in [2.05, 4.69) is 24.1 Å². The van der Waals surface area contributed by atoms with Crippen molar-refractivity contribution in [2.45, 2.75) is 31.8 Å². The SMILES string of the molecule is CNC(C)(CN1CCOCC1(C)C)C(N)=O. The van der Waals surface area contributed by atoms with Crippen LogP contribution in [0.3, 0.4) is 0 Å². The van der Waals surface area contributed by atoms with Crippen LogP contribution in [0.2, 0.25) is 0 Å². The molecule has 3 N–H and O–H groups in total. The molecule has 0 aromatic heterocycles. The summed E-state index contributed by atoms with van der Waals surface area (Å²) in [6.07, 6.45) is 0. The van der Waals surface area contributed by atoms with Crippen LogP contribution in [-0.4, -0.2) is 55.2 Å². The molecule has 0 aromatic carbocycles. The summed E-state index contributed by atoms with van der Waals surface area (Å²) in [5.41, 5.74) is 4.69. The Morgan fingerprint density at radius 2 is 2.25 bits per heavy atom. The van der Waals surface area contributed by atoms with Gasteiger partial charge in [0.2, 0.25) is 5.91 Å².